The Hall–Kier alpha value is -1.55. The summed E-state index contributed by atoms with van der Waals surface area (Å²) in [6.45, 7) is 3.56. The molecule has 0 aromatic heterocycles. The number of fused-ring (bicyclic) bond motifs is 1. The standard InChI is InChI=1S/C15H18O3S/c1-12(2)19(16,17)11-10-18-15-9-5-7-13-6-3-4-8-14(13)15/h3-9,12H,10-11H2,1-2H3. The quantitative estimate of drug-likeness (QED) is 0.844. The lowest BCUT2D eigenvalue weighted by Gasteiger charge is -2.11. The maximum Gasteiger partial charge on any atom is 0.155 e. The molecule has 0 fully saturated rings. The zero-order chi connectivity index (χ0) is 13.9. The van der Waals surface area contributed by atoms with E-state index in [1.165, 1.54) is 0 Å². The van der Waals surface area contributed by atoms with Gasteiger partial charge in [0.15, 0.2) is 9.84 Å². The third-order valence-electron chi connectivity index (χ3n) is 3.09. The summed E-state index contributed by atoms with van der Waals surface area (Å²) < 4.78 is 29.0. The molecule has 0 radical (unpaired) electrons. The van der Waals surface area contributed by atoms with Crippen molar-refractivity contribution < 1.29 is 13.2 Å². The van der Waals surface area contributed by atoms with Gasteiger partial charge >= 0.3 is 0 Å². The molecule has 0 atom stereocenters. The molecule has 0 aliphatic rings. The highest BCUT2D eigenvalue weighted by molar-refractivity contribution is 7.91. The van der Waals surface area contributed by atoms with E-state index >= 15 is 0 Å². The summed E-state index contributed by atoms with van der Waals surface area (Å²) in [4.78, 5) is 0. The van der Waals surface area contributed by atoms with Crippen LogP contribution in [0.15, 0.2) is 42.5 Å². The highest BCUT2D eigenvalue weighted by Gasteiger charge is 2.16. The average molecular weight is 278 g/mol. The molecule has 0 aliphatic heterocycles. The molecule has 102 valence electrons. The van der Waals surface area contributed by atoms with Crippen molar-refractivity contribution in [3.63, 3.8) is 0 Å². The summed E-state index contributed by atoms with van der Waals surface area (Å²) in [5.74, 6) is 0.783. The van der Waals surface area contributed by atoms with Crippen LogP contribution in [0, 0.1) is 0 Å². The largest absolute Gasteiger partial charge is 0.492 e. The Kier molecular flexibility index (Phi) is 4.10. The molecule has 0 spiro atoms. The van der Waals surface area contributed by atoms with Crippen LogP contribution in [0.2, 0.25) is 0 Å². The van der Waals surface area contributed by atoms with Crippen molar-refractivity contribution in [3.8, 4) is 5.75 Å². The second-order valence-corrected chi connectivity index (χ2v) is 7.42. The molecule has 0 amide bonds. The third-order valence-corrected chi connectivity index (χ3v) is 5.27. The molecule has 2 rings (SSSR count). The number of benzene rings is 2. The molecule has 0 heterocycles. The Morgan fingerprint density at radius 2 is 1.74 bits per heavy atom. The number of rotatable bonds is 5. The molecule has 0 saturated carbocycles. The molecule has 0 N–H and O–H groups in total. The molecule has 0 unspecified atom stereocenters. The average Bonchev–Trinajstić information content (AvgIpc) is 2.38. The van der Waals surface area contributed by atoms with E-state index in [1.807, 2.05) is 42.5 Å². The van der Waals surface area contributed by atoms with Crippen LogP contribution < -0.4 is 4.74 Å². The zero-order valence-corrected chi connectivity index (χ0v) is 12.0. The first-order valence-electron chi connectivity index (χ1n) is 6.33. The van der Waals surface area contributed by atoms with Gasteiger partial charge in [0.25, 0.3) is 0 Å². The minimum absolute atomic E-state index is 0.0495. The third kappa shape index (κ3) is 3.26. The van der Waals surface area contributed by atoms with Gasteiger partial charge in [0.1, 0.15) is 12.4 Å². The Morgan fingerprint density at radius 3 is 2.47 bits per heavy atom. The van der Waals surface area contributed by atoms with Gasteiger partial charge in [-0.25, -0.2) is 8.42 Å². The molecule has 0 aliphatic carbocycles. The van der Waals surface area contributed by atoms with Crippen LogP contribution in [0.3, 0.4) is 0 Å². The summed E-state index contributed by atoms with van der Waals surface area (Å²) in [5.41, 5.74) is 0. The number of ether oxygens (including phenoxy) is 1. The van der Waals surface area contributed by atoms with Gasteiger partial charge < -0.3 is 4.74 Å². The molecular formula is C15H18O3S. The summed E-state index contributed by atoms with van der Waals surface area (Å²) in [6, 6.07) is 13.7. The van der Waals surface area contributed by atoms with Crippen molar-refractivity contribution >= 4 is 20.6 Å². The van der Waals surface area contributed by atoms with Crippen molar-refractivity contribution in [3.05, 3.63) is 42.5 Å². The van der Waals surface area contributed by atoms with Crippen LogP contribution in [0.5, 0.6) is 5.75 Å². The molecule has 2 aromatic rings. The minimum atomic E-state index is -3.05. The van der Waals surface area contributed by atoms with E-state index in [0.29, 0.717) is 0 Å². The fourth-order valence-electron chi connectivity index (χ4n) is 1.83. The molecular weight excluding hydrogens is 260 g/mol. The van der Waals surface area contributed by atoms with Gasteiger partial charge in [-0.3, -0.25) is 0 Å². The fraction of sp³-hybridized carbons (Fsp3) is 0.333. The van der Waals surface area contributed by atoms with Crippen molar-refractivity contribution in [2.24, 2.45) is 0 Å². The normalized spacial score (nSPS) is 11.9. The monoisotopic (exact) mass is 278 g/mol. The Bertz CT molecular complexity index is 655. The number of hydrogen-bond acceptors (Lipinski definition) is 3. The zero-order valence-electron chi connectivity index (χ0n) is 11.2. The van der Waals surface area contributed by atoms with E-state index in [1.54, 1.807) is 13.8 Å². The first kappa shape index (κ1) is 13.9. The van der Waals surface area contributed by atoms with Crippen LogP contribution in [0.25, 0.3) is 10.8 Å². The summed E-state index contributed by atoms with van der Waals surface area (Å²) in [5, 5.41) is 1.74. The highest BCUT2D eigenvalue weighted by atomic mass is 32.2. The smallest absolute Gasteiger partial charge is 0.155 e. The fourth-order valence-corrected chi connectivity index (χ4v) is 2.61. The van der Waals surface area contributed by atoms with E-state index in [-0.39, 0.29) is 17.6 Å². The van der Waals surface area contributed by atoms with E-state index in [2.05, 4.69) is 0 Å². The van der Waals surface area contributed by atoms with E-state index in [0.717, 1.165) is 16.5 Å². The predicted molar refractivity (Wildman–Crippen MR) is 78.4 cm³/mol. The topological polar surface area (TPSA) is 43.4 Å². The van der Waals surface area contributed by atoms with Gasteiger partial charge in [-0.05, 0) is 25.3 Å². The van der Waals surface area contributed by atoms with Gasteiger partial charge in [0, 0.05) is 5.39 Å². The lowest BCUT2D eigenvalue weighted by Crippen LogP contribution is -2.22. The second-order valence-electron chi connectivity index (χ2n) is 4.74. The Labute approximate surface area is 114 Å². The van der Waals surface area contributed by atoms with Crippen LogP contribution in [0.4, 0.5) is 0 Å². The van der Waals surface area contributed by atoms with Crippen LogP contribution in [-0.2, 0) is 9.84 Å². The first-order valence-corrected chi connectivity index (χ1v) is 8.04. The first-order chi connectivity index (χ1) is 9.00. The summed E-state index contributed by atoms with van der Waals surface area (Å²) in [6.07, 6.45) is 0. The summed E-state index contributed by atoms with van der Waals surface area (Å²) in [7, 11) is -3.05. The molecule has 19 heavy (non-hydrogen) atoms. The van der Waals surface area contributed by atoms with Crippen LogP contribution in [0.1, 0.15) is 13.8 Å². The van der Waals surface area contributed by atoms with Gasteiger partial charge in [-0.2, -0.15) is 0 Å². The van der Waals surface area contributed by atoms with Crippen molar-refractivity contribution in [2.75, 3.05) is 12.4 Å². The van der Waals surface area contributed by atoms with E-state index in [9.17, 15) is 8.42 Å². The molecule has 2 aromatic carbocycles. The molecule has 0 bridgehead atoms. The lowest BCUT2D eigenvalue weighted by molar-refractivity contribution is 0.344. The molecule has 4 heteroatoms. The van der Waals surface area contributed by atoms with E-state index in [4.69, 9.17) is 4.74 Å². The number of sulfone groups is 1. The van der Waals surface area contributed by atoms with Gasteiger partial charge in [-0.1, -0.05) is 36.4 Å². The SMILES string of the molecule is CC(C)S(=O)(=O)CCOc1cccc2ccccc12. The van der Waals surface area contributed by atoms with Crippen LogP contribution in [-0.4, -0.2) is 26.0 Å². The van der Waals surface area contributed by atoms with Gasteiger partial charge in [-0.15, -0.1) is 0 Å². The second kappa shape index (κ2) is 5.61. The molecule has 3 nitrogen and oxygen atoms in total. The van der Waals surface area contributed by atoms with Crippen LogP contribution >= 0.6 is 0 Å². The lowest BCUT2D eigenvalue weighted by atomic mass is 10.1. The minimum Gasteiger partial charge on any atom is -0.492 e. The molecule has 0 saturated heterocycles. The van der Waals surface area contributed by atoms with E-state index < -0.39 is 9.84 Å². The predicted octanol–water partition coefficient (Wildman–Crippen LogP) is 3.04. The van der Waals surface area contributed by atoms with Crippen molar-refractivity contribution in [1.29, 1.82) is 0 Å². The Morgan fingerprint density at radius 1 is 1.05 bits per heavy atom. The Balaban J connectivity index is 2.11. The highest BCUT2D eigenvalue weighted by Crippen LogP contribution is 2.25. The van der Waals surface area contributed by atoms with Gasteiger partial charge in [0.05, 0.1) is 11.0 Å². The summed E-state index contributed by atoms with van der Waals surface area (Å²) >= 11 is 0. The maximum absolute atomic E-state index is 11.7. The van der Waals surface area contributed by atoms with Gasteiger partial charge in [0.2, 0.25) is 0 Å². The maximum atomic E-state index is 11.7. The van der Waals surface area contributed by atoms with Crippen molar-refractivity contribution in [1.82, 2.24) is 0 Å². The number of hydrogen-bond donors (Lipinski definition) is 0. The van der Waals surface area contributed by atoms with Crippen molar-refractivity contribution in [2.45, 2.75) is 19.1 Å².